The van der Waals surface area contributed by atoms with E-state index in [0.717, 1.165) is 15.9 Å². The van der Waals surface area contributed by atoms with Gasteiger partial charge in [0.25, 0.3) is 5.91 Å². The Labute approximate surface area is 205 Å². The van der Waals surface area contributed by atoms with E-state index in [1.807, 2.05) is 6.07 Å². The first-order valence-corrected chi connectivity index (χ1v) is 14.0. The second-order valence-electron chi connectivity index (χ2n) is 8.25. The van der Waals surface area contributed by atoms with Gasteiger partial charge in [0.05, 0.1) is 24.2 Å². The van der Waals surface area contributed by atoms with Crippen molar-refractivity contribution in [3.63, 3.8) is 0 Å². The highest BCUT2D eigenvalue weighted by molar-refractivity contribution is 7.91. The Bertz CT molecular complexity index is 1290. The maximum atomic E-state index is 13.2. The number of benzene rings is 2. The molecule has 35 heavy (non-hydrogen) atoms. The maximum absolute atomic E-state index is 13.2. The Balaban J connectivity index is 1.72. The molecule has 1 saturated heterocycles. The highest BCUT2D eigenvalue weighted by Crippen LogP contribution is 2.28. The number of sulfone groups is 1. The number of rotatable bonds is 9. The van der Waals surface area contributed by atoms with Gasteiger partial charge in [-0.1, -0.05) is 30.3 Å². The summed E-state index contributed by atoms with van der Waals surface area (Å²) in [5.41, 5.74) is 0.710. The van der Waals surface area contributed by atoms with Gasteiger partial charge in [0.2, 0.25) is 10.0 Å². The lowest BCUT2D eigenvalue weighted by Crippen LogP contribution is -2.40. The van der Waals surface area contributed by atoms with Crippen LogP contribution >= 0.6 is 0 Å². The van der Waals surface area contributed by atoms with E-state index in [9.17, 15) is 26.4 Å². The van der Waals surface area contributed by atoms with E-state index in [-0.39, 0.29) is 34.3 Å². The van der Waals surface area contributed by atoms with Crippen LogP contribution in [-0.4, -0.2) is 83.3 Å². The predicted octanol–water partition coefficient (Wildman–Crippen LogP) is 1.32. The van der Waals surface area contributed by atoms with Crippen molar-refractivity contribution >= 4 is 31.7 Å². The number of likely N-dealkylation sites (N-methyl/N-ethyl adjacent to an activating group) is 1. The third-order valence-corrected chi connectivity index (χ3v) is 9.39. The van der Waals surface area contributed by atoms with Gasteiger partial charge in [-0.15, -0.1) is 0 Å². The van der Waals surface area contributed by atoms with Crippen molar-refractivity contribution in [2.45, 2.75) is 23.9 Å². The molecular weight excluding hydrogens is 496 g/mol. The first-order valence-electron chi connectivity index (χ1n) is 10.8. The number of hydrogen-bond donors (Lipinski definition) is 0. The molecule has 3 rings (SSSR count). The fourth-order valence-electron chi connectivity index (χ4n) is 3.70. The third kappa shape index (κ3) is 6.38. The zero-order chi connectivity index (χ0) is 25.8. The van der Waals surface area contributed by atoms with Crippen LogP contribution in [0.3, 0.4) is 0 Å². The van der Waals surface area contributed by atoms with Crippen LogP contribution in [0, 0.1) is 0 Å². The molecule has 0 aromatic heterocycles. The van der Waals surface area contributed by atoms with Gasteiger partial charge in [-0.05, 0) is 30.2 Å². The van der Waals surface area contributed by atoms with E-state index in [1.54, 1.807) is 24.3 Å². The molecule has 1 aliphatic rings. The number of ether oxygens (including phenoxy) is 2. The number of hydrogen-bond acceptors (Lipinski definition) is 8. The Hall–Kier alpha value is -2.96. The number of nitrogens with zero attached hydrogens (tertiary/aromatic N) is 2. The quantitative estimate of drug-likeness (QED) is 0.450. The van der Waals surface area contributed by atoms with Gasteiger partial charge >= 0.3 is 5.97 Å². The minimum Gasteiger partial charge on any atom is -0.495 e. The molecule has 0 radical (unpaired) electrons. The summed E-state index contributed by atoms with van der Waals surface area (Å²) in [6, 6.07) is 12.4. The van der Waals surface area contributed by atoms with Crippen molar-refractivity contribution in [1.29, 1.82) is 0 Å². The van der Waals surface area contributed by atoms with Crippen LogP contribution in [0.5, 0.6) is 5.75 Å². The Morgan fingerprint density at radius 2 is 1.77 bits per heavy atom. The van der Waals surface area contributed by atoms with Crippen molar-refractivity contribution in [1.82, 2.24) is 9.21 Å². The topological polar surface area (TPSA) is 127 Å². The lowest BCUT2D eigenvalue weighted by atomic mass is 10.2. The van der Waals surface area contributed by atoms with Crippen LogP contribution in [0.25, 0.3) is 0 Å². The zero-order valence-corrected chi connectivity index (χ0v) is 21.3. The van der Waals surface area contributed by atoms with Crippen LogP contribution in [-0.2, 0) is 35.9 Å². The molecule has 0 spiro atoms. The number of carbonyl (C=O) groups excluding carboxylic acids is 2. The minimum atomic E-state index is -4.03. The molecule has 1 aliphatic heterocycles. The summed E-state index contributed by atoms with van der Waals surface area (Å²) in [4.78, 5) is 26.0. The van der Waals surface area contributed by atoms with Gasteiger partial charge < -0.3 is 14.4 Å². The molecule has 190 valence electrons. The number of esters is 1. The number of sulfonamides is 1. The van der Waals surface area contributed by atoms with Gasteiger partial charge in [0.15, 0.2) is 16.4 Å². The van der Waals surface area contributed by atoms with E-state index in [0.29, 0.717) is 6.42 Å². The van der Waals surface area contributed by atoms with Crippen molar-refractivity contribution in [3.05, 3.63) is 59.7 Å². The monoisotopic (exact) mass is 524 g/mol. The van der Waals surface area contributed by atoms with Crippen LogP contribution < -0.4 is 4.74 Å². The molecule has 1 atom stereocenters. The molecule has 2 aromatic carbocycles. The average molecular weight is 525 g/mol. The minimum absolute atomic E-state index is 0.0108. The van der Waals surface area contributed by atoms with Crippen molar-refractivity contribution in [2.24, 2.45) is 0 Å². The smallest absolute Gasteiger partial charge is 0.338 e. The summed E-state index contributed by atoms with van der Waals surface area (Å²) >= 11 is 0. The third-order valence-electron chi connectivity index (χ3n) is 5.81. The highest BCUT2D eigenvalue weighted by atomic mass is 32.2. The van der Waals surface area contributed by atoms with E-state index >= 15 is 0 Å². The summed E-state index contributed by atoms with van der Waals surface area (Å²) in [5, 5.41) is 0. The molecule has 1 heterocycles. The van der Waals surface area contributed by atoms with E-state index in [2.05, 4.69) is 0 Å². The van der Waals surface area contributed by atoms with Crippen molar-refractivity contribution in [2.75, 3.05) is 39.3 Å². The normalized spacial score (nSPS) is 17.2. The summed E-state index contributed by atoms with van der Waals surface area (Å²) in [6.45, 7) is -0.493. The van der Waals surface area contributed by atoms with Gasteiger partial charge in [0.1, 0.15) is 10.6 Å². The summed E-state index contributed by atoms with van der Waals surface area (Å²) < 4.78 is 61.2. The van der Waals surface area contributed by atoms with Gasteiger partial charge in [-0.2, -0.15) is 4.31 Å². The SMILES string of the molecule is COc1ccc(C(=O)OCC(=O)N(C)[C@@H]2CCS(=O)(=O)C2)cc1S(=O)(=O)N(C)Cc1ccccc1. The standard InChI is InChI=1S/C23H28N2O8S2/c1-24(14-17-7-5-4-6-8-17)35(30,31)21-13-18(9-10-20(21)32-3)23(27)33-15-22(26)25(2)19-11-12-34(28,29)16-19/h4-10,13,19H,11-12,14-16H2,1-3H3/t19-/m1/s1. The van der Waals surface area contributed by atoms with Gasteiger partial charge in [-0.3, -0.25) is 4.79 Å². The van der Waals surface area contributed by atoms with Gasteiger partial charge in [-0.25, -0.2) is 21.6 Å². The van der Waals surface area contributed by atoms with E-state index in [1.165, 1.54) is 38.2 Å². The maximum Gasteiger partial charge on any atom is 0.338 e. The summed E-state index contributed by atoms with van der Waals surface area (Å²) in [7, 11) is -3.01. The van der Waals surface area contributed by atoms with Crippen LogP contribution in [0.1, 0.15) is 22.3 Å². The Morgan fingerprint density at radius 1 is 1.09 bits per heavy atom. The van der Waals surface area contributed by atoms with Crippen LogP contribution in [0.4, 0.5) is 0 Å². The lowest BCUT2D eigenvalue weighted by molar-refractivity contribution is -0.134. The largest absolute Gasteiger partial charge is 0.495 e. The Kier molecular flexibility index (Phi) is 8.18. The molecule has 2 aromatic rings. The molecule has 0 bridgehead atoms. The van der Waals surface area contributed by atoms with Crippen LogP contribution in [0.2, 0.25) is 0 Å². The fourth-order valence-corrected chi connectivity index (χ4v) is 6.81. The zero-order valence-electron chi connectivity index (χ0n) is 19.7. The van der Waals surface area contributed by atoms with Crippen LogP contribution in [0.15, 0.2) is 53.4 Å². The molecule has 12 heteroatoms. The molecule has 0 N–H and O–H groups in total. The number of methoxy groups -OCH3 is 1. The summed E-state index contributed by atoms with van der Waals surface area (Å²) in [6.07, 6.45) is 0.328. The molecule has 0 saturated carbocycles. The molecule has 1 fully saturated rings. The predicted molar refractivity (Wildman–Crippen MR) is 128 cm³/mol. The van der Waals surface area contributed by atoms with E-state index < -0.39 is 44.4 Å². The van der Waals surface area contributed by atoms with Gasteiger partial charge in [0, 0.05) is 26.7 Å². The number of amides is 1. The lowest BCUT2D eigenvalue weighted by Gasteiger charge is -2.23. The molecule has 0 aliphatic carbocycles. The van der Waals surface area contributed by atoms with Crippen molar-refractivity contribution in [3.8, 4) is 5.75 Å². The Morgan fingerprint density at radius 3 is 2.37 bits per heavy atom. The molecule has 10 nitrogen and oxygen atoms in total. The highest BCUT2D eigenvalue weighted by Gasteiger charge is 2.33. The van der Waals surface area contributed by atoms with Crippen molar-refractivity contribution < 1.29 is 35.9 Å². The number of carbonyl (C=O) groups is 2. The molecular formula is C23H28N2O8S2. The fraction of sp³-hybridized carbons (Fsp3) is 0.391. The van der Waals surface area contributed by atoms with E-state index in [4.69, 9.17) is 9.47 Å². The summed E-state index contributed by atoms with van der Waals surface area (Å²) in [5.74, 6) is -1.50. The average Bonchev–Trinajstić information content (AvgIpc) is 3.21. The second kappa shape index (κ2) is 10.8. The first-order chi connectivity index (χ1) is 16.4. The molecule has 1 amide bonds. The second-order valence-corrected chi connectivity index (χ2v) is 12.5. The first kappa shape index (κ1) is 26.6. The molecule has 0 unspecified atom stereocenters.